The van der Waals surface area contributed by atoms with E-state index in [1.807, 2.05) is 54.7 Å². The van der Waals surface area contributed by atoms with Crippen molar-refractivity contribution in [3.63, 3.8) is 0 Å². The Labute approximate surface area is 115 Å². The molecule has 0 fully saturated rings. The summed E-state index contributed by atoms with van der Waals surface area (Å²) in [4.78, 5) is 12.1. The normalized spacial score (nSPS) is 11.0. The SMILES string of the molecule is c1ccc2nc(Nc3cc4ccccc4[nH]3)ncc2c1. The van der Waals surface area contributed by atoms with E-state index in [4.69, 9.17) is 0 Å². The minimum absolute atomic E-state index is 0.593. The molecule has 4 nitrogen and oxygen atoms in total. The summed E-state index contributed by atoms with van der Waals surface area (Å²) in [6.07, 6.45) is 1.83. The van der Waals surface area contributed by atoms with Crippen LogP contribution in [0.5, 0.6) is 0 Å². The molecular formula is C16H12N4. The van der Waals surface area contributed by atoms with Gasteiger partial charge < -0.3 is 10.3 Å². The Bertz CT molecular complexity index is 862. The number of anilines is 2. The molecule has 2 aromatic heterocycles. The van der Waals surface area contributed by atoms with Crippen LogP contribution in [0.2, 0.25) is 0 Å². The van der Waals surface area contributed by atoms with Gasteiger partial charge in [0, 0.05) is 22.5 Å². The van der Waals surface area contributed by atoms with E-state index in [9.17, 15) is 0 Å². The van der Waals surface area contributed by atoms with Gasteiger partial charge in [-0.25, -0.2) is 9.97 Å². The summed E-state index contributed by atoms with van der Waals surface area (Å²) in [6.45, 7) is 0. The van der Waals surface area contributed by atoms with Crippen molar-refractivity contribution < 1.29 is 0 Å². The molecule has 0 amide bonds. The molecule has 0 aliphatic rings. The van der Waals surface area contributed by atoms with Crippen molar-refractivity contribution in [3.8, 4) is 0 Å². The molecule has 0 radical (unpaired) electrons. The van der Waals surface area contributed by atoms with Crippen molar-refractivity contribution in [2.24, 2.45) is 0 Å². The fourth-order valence-corrected chi connectivity index (χ4v) is 2.29. The van der Waals surface area contributed by atoms with E-state index in [0.717, 1.165) is 27.6 Å². The van der Waals surface area contributed by atoms with E-state index in [-0.39, 0.29) is 0 Å². The van der Waals surface area contributed by atoms with Crippen LogP contribution in [-0.4, -0.2) is 15.0 Å². The standard InChI is InChI=1S/C16H12N4/c1-3-7-13-11(5-1)9-15(18-13)20-16-17-10-12-6-2-4-8-14(12)19-16/h1-10,18H,(H,17,19,20). The van der Waals surface area contributed by atoms with Gasteiger partial charge in [0.2, 0.25) is 5.95 Å². The molecule has 0 unspecified atom stereocenters. The zero-order valence-electron chi connectivity index (χ0n) is 10.7. The number of aromatic nitrogens is 3. The van der Waals surface area contributed by atoms with Crippen LogP contribution in [0.4, 0.5) is 11.8 Å². The van der Waals surface area contributed by atoms with E-state index in [0.29, 0.717) is 5.95 Å². The van der Waals surface area contributed by atoms with Gasteiger partial charge in [0.05, 0.1) is 5.52 Å². The lowest BCUT2D eigenvalue weighted by atomic mass is 10.2. The number of rotatable bonds is 2. The summed E-state index contributed by atoms with van der Waals surface area (Å²) in [6, 6.07) is 18.1. The van der Waals surface area contributed by atoms with Crippen LogP contribution < -0.4 is 5.32 Å². The van der Waals surface area contributed by atoms with E-state index in [2.05, 4.69) is 26.3 Å². The van der Waals surface area contributed by atoms with Crippen LogP contribution in [0.25, 0.3) is 21.8 Å². The number of para-hydroxylation sites is 2. The van der Waals surface area contributed by atoms with Crippen LogP contribution in [0.15, 0.2) is 60.8 Å². The maximum atomic E-state index is 4.50. The van der Waals surface area contributed by atoms with Crippen LogP contribution in [0, 0.1) is 0 Å². The van der Waals surface area contributed by atoms with Gasteiger partial charge in [-0.15, -0.1) is 0 Å². The number of aromatic amines is 1. The summed E-state index contributed by atoms with van der Waals surface area (Å²) in [7, 11) is 0. The summed E-state index contributed by atoms with van der Waals surface area (Å²) in [5.41, 5.74) is 2.02. The van der Waals surface area contributed by atoms with Crippen molar-refractivity contribution in [2.75, 3.05) is 5.32 Å². The van der Waals surface area contributed by atoms with Crippen molar-refractivity contribution in [1.29, 1.82) is 0 Å². The topological polar surface area (TPSA) is 53.6 Å². The molecule has 20 heavy (non-hydrogen) atoms. The fraction of sp³-hybridized carbons (Fsp3) is 0. The number of hydrogen-bond acceptors (Lipinski definition) is 3. The number of nitrogens with zero attached hydrogens (tertiary/aromatic N) is 2. The quantitative estimate of drug-likeness (QED) is 0.575. The number of H-pyrrole nitrogens is 1. The molecule has 0 bridgehead atoms. The number of benzene rings is 2. The first-order chi connectivity index (χ1) is 9.88. The van der Waals surface area contributed by atoms with Crippen LogP contribution in [0.1, 0.15) is 0 Å². The zero-order valence-corrected chi connectivity index (χ0v) is 10.7. The highest BCUT2D eigenvalue weighted by atomic mass is 15.1. The van der Waals surface area contributed by atoms with Gasteiger partial charge in [0.25, 0.3) is 0 Å². The highest BCUT2D eigenvalue weighted by Crippen LogP contribution is 2.21. The Balaban J connectivity index is 1.72. The van der Waals surface area contributed by atoms with Gasteiger partial charge in [0.1, 0.15) is 5.82 Å². The molecule has 2 heterocycles. The first-order valence-corrected chi connectivity index (χ1v) is 6.45. The maximum absolute atomic E-state index is 4.50. The van der Waals surface area contributed by atoms with Gasteiger partial charge in [-0.1, -0.05) is 36.4 Å². The molecule has 96 valence electrons. The summed E-state index contributed by atoms with van der Waals surface area (Å²) in [5.74, 6) is 1.48. The van der Waals surface area contributed by atoms with Gasteiger partial charge in [-0.3, -0.25) is 0 Å². The van der Waals surface area contributed by atoms with Gasteiger partial charge in [-0.2, -0.15) is 0 Å². The molecule has 2 aromatic carbocycles. The molecule has 4 rings (SSSR count). The minimum Gasteiger partial charge on any atom is -0.341 e. The Hall–Kier alpha value is -2.88. The Morgan fingerprint density at radius 3 is 2.60 bits per heavy atom. The smallest absolute Gasteiger partial charge is 0.228 e. The van der Waals surface area contributed by atoms with E-state index in [1.165, 1.54) is 0 Å². The molecule has 0 aliphatic heterocycles. The van der Waals surface area contributed by atoms with Crippen LogP contribution in [0.3, 0.4) is 0 Å². The average molecular weight is 260 g/mol. The Morgan fingerprint density at radius 1 is 0.900 bits per heavy atom. The van der Waals surface area contributed by atoms with E-state index < -0.39 is 0 Å². The van der Waals surface area contributed by atoms with Crippen molar-refractivity contribution in [3.05, 3.63) is 60.8 Å². The lowest BCUT2D eigenvalue weighted by Crippen LogP contribution is -1.96. The molecule has 0 spiro atoms. The third-order valence-electron chi connectivity index (χ3n) is 3.27. The highest BCUT2D eigenvalue weighted by Gasteiger charge is 2.03. The summed E-state index contributed by atoms with van der Waals surface area (Å²) in [5, 5.41) is 5.41. The van der Waals surface area contributed by atoms with Gasteiger partial charge >= 0.3 is 0 Å². The van der Waals surface area contributed by atoms with Crippen LogP contribution in [-0.2, 0) is 0 Å². The van der Waals surface area contributed by atoms with Gasteiger partial charge in [0.15, 0.2) is 0 Å². The largest absolute Gasteiger partial charge is 0.341 e. The molecule has 0 atom stereocenters. The predicted octanol–water partition coefficient (Wildman–Crippen LogP) is 3.85. The van der Waals surface area contributed by atoms with E-state index >= 15 is 0 Å². The second kappa shape index (κ2) is 4.35. The number of fused-ring (bicyclic) bond motifs is 2. The predicted molar refractivity (Wildman–Crippen MR) is 81.1 cm³/mol. The van der Waals surface area contributed by atoms with Gasteiger partial charge in [-0.05, 0) is 18.2 Å². The fourth-order valence-electron chi connectivity index (χ4n) is 2.29. The molecule has 4 heteroatoms. The molecule has 0 saturated heterocycles. The lowest BCUT2D eigenvalue weighted by Gasteiger charge is -2.03. The maximum Gasteiger partial charge on any atom is 0.228 e. The molecular weight excluding hydrogens is 248 g/mol. The Kier molecular flexibility index (Phi) is 2.39. The number of hydrogen-bond donors (Lipinski definition) is 2. The van der Waals surface area contributed by atoms with Crippen molar-refractivity contribution in [1.82, 2.24) is 15.0 Å². The third kappa shape index (κ3) is 1.87. The minimum atomic E-state index is 0.593. The Morgan fingerprint density at radius 2 is 1.70 bits per heavy atom. The number of nitrogens with one attached hydrogen (secondary N) is 2. The zero-order chi connectivity index (χ0) is 13.4. The second-order valence-corrected chi connectivity index (χ2v) is 4.65. The first-order valence-electron chi connectivity index (χ1n) is 6.45. The average Bonchev–Trinajstić information content (AvgIpc) is 2.89. The first kappa shape index (κ1) is 11.0. The molecule has 4 aromatic rings. The molecule has 0 aliphatic carbocycles. The highest BCUT2D eigenvalue weighted by molar-refractivity contribution is 5.85. The van der Waals surface area contributed by atoms with Crippen LogP contribution >= 0.6 is 0 Å². The molecule has 2 N–H and O–H groups in total. The van der Waals surface area contributed by atoms with Crippen molar-refractivity contribution in [2.45, 2.75) is 0 Å². The monoisotopic (exact) mass is 260 g/mol. The summed E-state index contributed by atoms with van der Waals surface area (Å²) < 4.78 is 0. The van der Waals surface area contributed by atoms with Crippen molar-refractivity contribution >= 4 is 33.6 Å². The summed E-state index contributed by atoms with van der Waals surface area (Å²) >= 11 is 0. The molecule has 0 saturated carbocycles. The second-order valence-electron chi connectivity index (χ2n) is 4.65. The lowest BCUT2D eigenvalue weighted by molar-refractivity contribution is 1.20. The van der Waals surface area contributed by atoms with E-state index in [1.54, 1.807) is 0 Å². The third-order valence-corrected chi connectivity index (χ3v) is 3.27.